The zero-order valence-corrected chi connectivity index (χ0v) is 7.90. The Balaban J connectivity index is 2.42. The van der Waals surface area contributed by atoms with E-state index in [4.69, 9.17) is 10.6 Å². The molecule has 5 nitrogen and oxygen atoms in total. The number of hydroxylamine groups is 1. The van der Waals surface area contributed by atoms with Gasteiger partial charge in [0.25, 0.3) is 5.91 Å². The first-order valence-corrected chi connectivity index (χ1v) is 4.50. The predicted octanol–water partition coefficient (Wildman–Crippen LogP) is -0.0695. The molecule has 1 saturated heterocycles. The van der Waals surface area contributed by atoms with Crippen LogP contribution in [0.4, 0.5) is 0 Å². The zero-order valence-electron chi connectivity index (χ0n) is 7.90. The molecule has 3 N–H and O–H groups in total. The van der Waals surface area contributed by atoms with Gasteiger partial charge in [0.1, 0.15) is 0 Å². The van der Waals surface area contributed by atoms with Crippen LogP contribution >= 0.6 is 0 Å². The minimum Gasteiger partial charge on any atom is -0.366 e. The van der Waals surface area contributed by atoms with Crippen LogP contribution in [0.25, 0.3) is 0 Å². The van der Waals surface area contributed by atoms with Crippen LogP contribution < -0.4 is 11.2 Å². The Morgan fingerprint density at radius 1 is 1.47 bits per heavy atom. The molecule has 1 heterocycles. The Hall–Kier alpha value is -1.88. The number of nitrogens with one attached hydrogen (secondary N) is 1. The molecule has 0 saturated carbocycles. The smallest absolute Gasteiger partial charge is 0.253 e. The summed E-state index contributed by atoms with van der Waals surface area (Å²) in [6.45, 7) is 0.225. The third kappa shape index (κ3) is 1.69. The van der Waals surface area contributed by atoms with E-state index in [0.29, 0.717) is 11.1 Å². The fourth-order valence-corrected chi connectivity index (χ4v) is 1.60. The molecule has 15 heavy (non-hydrogen) atoms. The lowest BCUT2D eigenvalue weighted by atomic mass is 9.94. The fourth-order valence-electron chi connectivity index (χ4n) is 1.60. The number of carbonyl (C=O) groups excluding carboxylic acids is 2. The van der Waals surface area contributed by atoms with Gasteiger partial charge in [0, 0.05) is 5.56 Å². The van der Waals surface area contributed by atoms with Crippen molar-refractivity contribution in [3.8, 4) is 0 Å². The van der Waals surface area contributed by atoms with Gasteiger partial charge >= 0.3 is 0 Å². The van der Waals surface area contributed by atoms with Crippen LogP contribution in [-0.4, -0.2) is 18.4 Å². The topological polar surface area (TPSA) is 81.4 Å². The normalized spacial score (nSPS) is 20.0. The second-order valence-corrected chi connectivity index (χ2v) is 3.28. The van der Waals surface area contributed by atoms with Gasteiger partial charge in [-0.1, -0.05) is 18.2 Å². The summed E-state index contributed by atoms with van der Waals surface area (Å²) >= 11 is 0. The van der Waals surface area contributed by atoms with E-state index in [0.717, 1.165) is 0 Å². The summed E-state index contributed by atoms with van der Waals surface area (Å²) in [6.07, 6.45) is 0. The molecular formula is C10H10N2O3. The quantitative estimate of drug-likeness (QED) is 0.710. The molecule has 2 amide bonds. The van der Waals surface area contributed by atoms with Crippen LogP contribution in [0.2, 0.25) is 0 Å². The second kappa shape index (κ2) is 3.70. The molecule has 78 valence electrons. The molecule has 5 heteroatoms. The Morgan fingerprint density at radius 3 is 2.80 bits per heavy atom. The third-order valence-corrected chi connectivity index (χ3v) is 2.34. The fraction of sp³-hybridized carbons (Fsp3) is 0.200. The van der Waals surface area contributed by atoms with Crippen LogP contribution in [-0.2, 0) is 9.63 Å². The standard InChI is InChI=1S/C10H10N2O3/c11-9(13)7-4-2-1-3-6(7)8-5-15-12-10(8)14/h1-4,8H,5H2,(H2,11,13)(H,12,14)/t8-/m0/s1. The predicted molar refractivity (Wildman–Crippen MR) is 51.8 cm³/mol. The van der Waals surface area contributed by atoms with E-state index in [1.807, 2.05) is 0 Å². The molecule has 1 fully saturated rings. The van der Waals surface area contributed by atoms with Crippen molar-refractivity contribution in [2.75, 3.05) is 6.61 Å². The number of hydrogen-bond donors (Lipinski definition) is 2. The Kier molecular flexibility index (Phi) is 2.39. The summed E-state index contributed by atoms with van der Waals surface area (Å²) in [4.78, 5) is 27.3. The van der Waals surface area contributed by atoms with E-state index in [2.05, 4.69) is 5.48 Å². The highest BCUT2D eigenvalue weighted by atomic mass is 16.7. The lowest BCUT2D eigenvalue weighted by Crippen LogP contribution is -2.21. The lowest BCUT2D eigenvalue weighted by molar-refractivity contribution is -0.124. The summed E-state index contributed by atoms with van der Waals surface area (Å²) in [7, 11) is 0. The van der Waals surface area contributed by atoms with Crippen molar-refractivity contribution in [1.29, 1.82) is 0 Å². The number of benzene rings is 1. The van der Waals surface area contributed by atoms with Gasteiger partial charge in [-0.15, -0.1) is 0 Å². The van der Waals surface area contributed by atoms with Crippen LogP contribution in [0.15, 0.2) is 24.3 Å². The van der Waals surface area contributed by atoms with Gasteiger partial charge in [-0.05, 0) is 11.6 Å². The highest BCUT2D eigenvalue weighted by molar-refractivity contribution is 5.97. The van der Waals surface area contributed by atoms with Gasteiger partial charge in [-0.25, -0.2) is 5.48 Å². The number of carbonyl (C=O) groups is 2. The van der Waals surface area contributed by atoms with Crippen molar-refractivity contribution in [3.63, 3.8) is 0 Å². The van der Waals surface area contributed by atoms with Gasteiger partial charge in [0.15, 0.2) is 0 Å². The molecule has 1 aromatic carbocycles. The summed E-state index contributed by atoms with van der Waals surface area (Å²) in [5, 5.41) is 0. The van der Waals surface area contributed by atoms with Gasteiger partial charge < -0.3 is 5.73 Å². The van der Waals surface area contributed by atoms with E-state index in [9.17, 15) is 9.59 Å². The summed E-state index contributed by atoms with van der Waals surface area (Å²) < 4.78 is 0. The van der Waals surface area contributed by atoms with Crippen LogP contribution in [0.5, 0.6) is 0 Å². The van der Waals surface area contributed by atoms with Crippen LogP contribution in [0.1, 0.15) is 21.8 Å². The molecule has 0 aliphatic carbocycles. The number of nitrogens with two attached hydrogens (primary N) is 1. The molecule has 0 aromatic heterocycles. The molecule has 0 unspecified atom stereocenters. The highest BCUT2D eigenvalue weighted by Gasteiger charge is 2.29. The van der Waals surface area contributed by atoms with Crippen molar-refractivity contribution >= 4 is 11.8 Å². The van der Waals surface area contributed by atoms with Crippen molar-refractivity contribution in [3.05, 3.63) is 35.4 Å². The molecular weight excluding hydrogens is 196 g/mol. The van der Waals surface area contributed by atoms with Crippen LogP contribution in [0.3, 0.4) is 0 Å². The van der Waals surface area contributed by atoms with E-state index < -0.39 is 11.8 Å². The van der Waals surface area contributed by atoms with E-state index in [-0.39, 0.29) is 12.5 Å². The van der Waals surface area contributed by atoms with Gasteiger partial charge in [-0.3, -0.25) is 14.4 Å². The van der Waals surface area contributed by atoms with E-state index >= 15 is 0 Å². The average molecular weight is 206 g/mol. The maximum absolute atomic E-state index is 11.4. The molecule has 0 spiro atoms. The number of primary amides is 1. The van der Waals surface area contributed by atoms with Gasteiger partial charge in [-0.2, -0.15) is 0 Å². The highest BCUT2D eigenvalue weighted by Crippen LogP contribution is 2.23. The minimum atomic E-state index is -0.537. The zero-order chi connectivity index (χ0) is 10.8. The first-order chi connectivity index (χ1) is 7.20. The maximum atomic E-state index is 11.4. The summed E-state index contributed by atoms with van der Waals surface area (Å²) in [5.74, 6) is -1.23. The molecule has 2 rings (SSSR count). The first-order valence-electron chi connectivity index (χ1n) is 4.50. The molecule has 1 aliphatic heterocycles. The Morgan fingerprint density at radius 2 is 2.20 bits per heavy atom. The SMILES string of the molecule is NC(=O)c1ccccc1[C@@H]1CONC1=O. The van der Waals surface area contributed by atoms with Crippen LogP contribution in [0, 0.1) is 0 Å². The Labute approximate surface area is 86.2 Å². The molecule has 0 bridgehead atoms. The summed E-state index contributed by atoms with van der Waals surface area (Å²) in [5.41, 5.74) is 8.43. The largest absolute Gasteiger partial charge is 0.366 e. The van der Waals surface area contributed by atoms with Crippen molar-refractivity contribution < 1.29 is 14.4 Å². The molecule has 1 atom stereocenters. The first kappa shape index (κ1) is 9.67. The van der Waals surface area contributed by atoms with Crippen molar-refractivity contribution in [1.82, 2.24) is 5.48 Å². The van der Waals surface area contributed by atoms with Gasteiger partial charge in [0.2, 0.25) is 5.91 Å². The maximum Gasteiger partial charge on any atom is 0.253 e. The van der Waals surface area contributed by atoms with E-state index in [1.165, 1.54) is 0 Å². The second-order valence-electron chi connectivity index (χ2n) is 3.28. The third-order valence-electron chi connectivity index (χ3n) is 2.34. The average Bonchev–Trinajstić information content (AvgIpc) is 2.64. The number of hydrogen-bond acceptors (Lipinski definition) is 3. The number of amides is 2. The lowest BCUT2D eigenvalue weighted by Gasteiger charge is -2.09. The Bertz CT molecular complexity index is 417. The number of rotatable bonds is 2. The van der Waals surface area contributed by atoms with Crippen molar-refractivity contribution in [2.24, 2.45) is 5.73 Å². The summed E-state index contributed by atoms with van der Waals surface area (Å²) in [6, 6.07) is 6.77. The molecule has 0 radical (unpaired) electrons. The molecule has 1 aliphatic rings. The van der Waals surface area contributed by atoms with Crippen molar-refractivity contribution in [2.45, 2.75) is 5.92 Å². The minimum absolute atomic E-state index is 0.225. The monoisotopic (exact) mass is 206 g/mol. The molecule has 1 aromatic rings. The van der Waals surface area contributed by atoms with E-state index in [1.54, 1.807) is 24.3 Å². The van der Waals surface area contributed by atoms with Gasteiger partial charge in [0.05, 0.1) is 12.5 Å².